The Balaban J connectivity index is 2.81. The van der Waals surface area contributed by atoms with E-state index in [4.69, 9.17) is 19.8 Å². The minimum Gasteiger partial charge on any atom is -0.496 e. The van der Waals surface area contributed by atoms with Gasteiger partial charge >= 0.3 is 0 Å². The van der Waals surface area contributed by atoms with Crippen molar-refractivity contribution >= 4 is 22.6 Å². The SMILES string of the molecule is COc1ccc(OC(C#N)C(C)CO)cc1I. The molecule has 0 saturated heterocycles. The summed E-state index contributed by atoms with van der Waals surface area (Å²) in [6, 6.07) is 7.37. The molecule has 0 bridgehead atoms. The Hall–Kier alpha value is -1.00. The molecule has 4 nitrogen and oxygen atoms in total. The van der Waals surface area contributed by atoms with Crippen molar-refractivity contribution in [3.8, 4) is 17.6 Å². The van der Waals surface area contributed by atoms with Gasteiger partial charge < -0.3 is 14.6 Å². The zero-order valence-corrected chi connectivity index (χ0v) is 11.8. The predicted octanol–water partition coefficient (Wildman–Crippen LogP) is 2.20. The zero-order valence-electron chi connectivity index (χ0n) is 9.68. The van der Waals surface area contributed by atoms with E-state index < -0.39 is 6.10 Å². The van der Waals surface area contributed by atoms with Crippen molar-refractivity contribution in [1.29, 1.82) is 5.26 Å². The van der Waals surface area contributed by atoms with Crippen LogP contribution < -0.4 is 9.47 Å². The van der Waals surface area contributed by atoms with Crippen LogP contribution in [-0.4, -0.2) is 24.9 Å². The average Bonchev–Trinajstić information content (AvgIpc) is 2.35. The first kappa shape index (κ1) is 14.1. The molecule has 0 spiro atoms. The molecular formula is C12H14INO3. The molecule has 1 aromatic rings. The molecule has 17 heavy (non-hydrogen) atoms. The Kier molecular flexibility index (Phi) is 5.51. The van der Waals surface area contributed by atoms with Crippen molar-refractivity contribution in [1.82, 2.24) is 0 Å². The minimum atomic E-state index is -0.649. The van der Waals surface area contributed by atoms with Crippen molar-refractivity contribution in [3.63, 3.8) is 0 Å². The molecule has 0 heterocycles. The summed E-state index contributed by atoms with van der Waals surface area (Å²) in [7, 11) is 1.60. The summed E-state index contributed by atoms with van der Waals surface area (Å²) in [5.41, 5.74) is 0. The lowest BCUT2D eigenvalue weighted by molar-refractivity contribution is 0.133. The van der Waals surface area contributed by atoms with Gasteiger partial charge in [0.25, 0.3) is 0 Å². The third kappa shape index (κ3) is 3.75. The van der Waals surface area contributed by atoms with Gasteiger partial charge in [-0.2, -0.15) is 5.26 Å². The lowest BCUT2D eigenvalue weighted by Gasteiger charge is -2.17. The maximum absolute atomic E-state index is 9.00. The van der Waals surface area contributed by atoms with Gasteiger partial charge in [-0.1, -0.05) is 6.92 Å². The van der Waals surface area contributed by atoms with Gasteiger partial charge in [0, 0.05) is 5.92 Å². The van der Waals surface area contributed by atoms with Crippen LogP contribution >= 0.6 is 22.6 Å². The second-order valence-electron chi connectivity index (χ2n) is 3.62. The quantitative estimate of drug-likeness (QED) is 0.830. The number of aliphatic hydroxyl groups is 1. The smallest absolute Gasteiger partial charge is 0.189 e. The molecule has 1 rings (SSSR count). The second-order valence-corrected chi connectivity index (χ2v) is 4.79. The third-order valence-electron chi connectivity index (χ3n) is 2.32. The number of benzene rings is 1. The number of aliphatic hydroxyl groups excluding tert-OH is 1. The number of nitrogens with zero attached hydrogens (tertiary/aromatic N) is 1. The highest BCUT2D eigenvalue weighted by Gasteiger charge is 2.18. The van der Waals surface area contributed by atoms with Crippen LogP contribution in [0.2, 0.25) is 0 Å². The highest BCUT2D eigenvalue weighted by atomic mass is 127. The summed E-state index contributed by atoms with van der Waals surface area (Å²) in [5, 5.41) is 17.9. The summed E-state index contributed by atoms with van der Waals surface area (Å²) < 4.78 is 11.6. The van der Waals surface area contributed by atoms with Crippen LogP contribution in [0.25, 0.3) is 0 Å². The topological polar surface area (TPSA) is 62.5 Å². The van der Waals surface area contributed by atoms with Crippen molar-refractivity contribution in [3.05, 3.63) is 21.8 Å². The van der Waals surface area contributed by atoms with Crippen molar-refractivity contribution in [2.24, 2.45) is 5.92 Å². The van der Waals surface area contributed by atoms with Crippen molar-refractivity contribution in [2.45, 2.75) is 13.0 Å². The van der Waals surface area contributed by atoms with Gasteiger partial charge in [0.05, 0.1) is 17.3 Å². The summed E-state index contributed by atoms with van der Waals surface area (Å²) in [4.78, 5) is 0. The van der Waals surface area contributed by atoms with Gasteiger partial charge in [-0.3, -0.25) is 0 Å². The largest absolute Gasteiger partial charge is 0.496 e. The fourth-order valence-corrected chi connectivity index (χ4v) is 1.94. The number of halogens is 1. The Labute approximate surface area is 114 Å². The first-order valence-electron chi connectivity index (χ1n) is 5.13. The van der Waals surface area contributed by atoms with E-state index in [0.29, 0.717) is 5.75 Å². The van der Waals surface area contributed by atoms with E-state index in [0.717, 1.165) is 9.32 Å². The molecule has 0 amide bonds. The van der Waals surface area contributed by atoms with Crippen molar-refractivity contribution < 1.29 is 14.6 Å². The number of nitriles is 1. The Morgan fingerprint density at radius 2 is 2.24 bits per heavy atom. The highest BCUT2D eigenvalue weighted by Crippen LogP contribution is 2.26. The molecule has 0 fully saturated rings. The number of ether oxygens (including phenoxy) is 2. The van der Waals surface area contributed by atoms with Crippen LogP contribution in [0.4, 0.5) is 0 Å². The van der Waals surface area contributed by atoms with Crippen LogP contribution in [0, 0.1) is 20.8 Å². The standard InChI is InChI=1S/C12H14INO3/c1-8(7-15)12(6-14)17-9-3-4-11(16-2)10(13)5-9/h3-5,8,12,15H,7H2,1-2H3. The summed E-state index contributed by atoms with van der Waals surface area (Å²) in [5.74, 6) is 1.14. The maximum atomic E-state index is 9.00. The molecular weight excluding hydrogens is 333 g/mol. The van der Waals surface area contributed by atoms with E-state index >= 15 is 0 Å². The Bertz CT molecular complexity index is 417. The van der Waals surface area contributed by atoms with Gasteiger partial charge in [0.15, 0.2) is 6.10 Å². The lowest BCUT2D eigenvalue weighted by atomic mass is 10.1. The molecule has 92 valence electrons. The maximum Gasteiger partial charge on any atom is 0.189 e. The summed E-state index contributed by atoms with van der Waals surface area (Å²) in [6.07, 6.45) is -0.649. The van der Waals surface area contributed by atoms with Crippen LogP contribution in [-0.2, 0) is 0 Å². The van der Waals surface area contributed by atoms with Gasteiger partial charge in [0.1, 0.15) is 17.6 Å². The van der Waals surface area contributed by atoms with Crippen molar-refractivity contribution in [2.75, 3.05) is 13.7 Å². The van der Waals surface area contributed by atoms with Gasteiger partial charge in [-0.15, -0.1) is 0 Å². The molecule has 1 aromatic carbocycles. The predicted molar refractivity (Wildman–Crippen MR) is 72.0 cm³/mol. The second kappa shape index (κ2) is 6.67. The average molecular weight is 347 g/mol. The van der Waals surface area contributed by atoms with E-state index in [1.54, 1.807) is 32.2 Å². The molecule has 2 unspecified atom stereocenters. The van der Waals surface area contributed by atoms with E-state index in [2.05, 4.69) is 22.6 Å². The zero-order chi connectivity index (χ0) is 12.8. The third-order valence-corrected chi connectivity index (χ3v) is 3.16. The Morgan fingerprint density at radius 3 is 2.71 bits per heavy atom. The van der Waals surface area contributed by atoms with Gasteiger partial charge in [-0.25, -0.2) is 0 Å². The molecule has 1 N–H and O–H groups in total. The fraction of sp³-hybridized carbons (Fsp3) is 0.417. The number of methoxy groups -OCH3 is 1. The molecule has 0 aromatic heterocycles. The first-order chi connectivity index (χ1) is 8.12. The number of hydrogen-bond acceptors (Lipinski definition) is 4. The van der Waals surface area contributed by atoms with E-state index in [1.165, 1.54) is 0 Å². The van der Waals surface area contributed by atoms with Crippen LogP contribution in [0.5, 0.6) is 11.5 Å². The van der Waals surface area contributed by atoms with E-state index in [-0.39, 0.29) is 12.5 Å². The van der Waals surface area contributed by atoms with Crippen LogP contribution in [0.1, 0.15) is 6.92 Å². The minimum absolute atomic E-state index is 0.0779. The van der Waals surface area contributed by atoms with E-state index in [1.807, 2.05) is 6.07 Å². The summed E-state index contributed by atoms with van der Waals surface area (Å²) in [6.45, 7) is 1.69. The fourth-order valence-electron chi connectivity index (χ4n) is 1.23. The monoisotopic (exact) mass is 347 g/mol. The van der Waals surface area contributed by atoms with E-state index in [9.17, 15) is 0 Å². The molecule has 0 aliphatic heterocycles. The molecule has 2 atom stereocenters. The number of rotatable bonds is 5. The molecule has 0 saturated carbocycles. The lowest BCUT2D eigenvalue weighted by Crippen LogP contribution is -2.25. The van der Waals surface area contributed by atoms with Gasteiger partial charge in [0.2, 0.25) is 0 Å². The molecule has 5 heteroatoms. The normalized spacial score (nSPS) is 13.6. The molecule has 0 aliphatic rings. The first-order valence-corrected chi connectivity index (χ1v) is 6.21. The van der Waals surface area contributed by atoms with Gasteiger partial charge in [-0.05, 0) is 40.8 Å². The van der Waals surface area contributed by atoms with Crippen LogP contribution in [0.15, 0.2) is 18.2 Å². The molecule has 0 aliphatic carbocycles. The molecule has 0 radical (unpaired) electrons. The Morgan fingerprint density at radius 1 is 1.53 bits per heavy atom. The number of hydrogen-bond donors (Lipinski definition) is 1. The summed E-state index contributed by atoms with van der Waals surface area (Å²) >= 11 is 2.13. The van der Waals surface area contributed by atoms with Crippen LogP contribution in [0.3, 0.4) is 0 Å². The highest BCUT2D eigenvalue weighted by molar-refractivity contribution is 14.1.